The molecule has 0 radical (unpaired) electrons. The third kappa shape index (κ3) is 2.58. The molecule has 2 rings (SSSR count). The Morgan fingerprint density at radius 1 is 1.39 bits per heavy atom. The molecule has 1 N–H and O–H groups in total. The van der Waals surface area contributed by atoms with Crippen LogP contribution in [0, 0.1) is 5.92 Å². The van der Waals surface area contributed by atoms with Gasteiger partial charge in [-0.3, -0.25) is 14.5 Å². The lowest BCUT2D eigenvalue weighted by Crippen LogP contribution is -2.53. The van der Waals surface area contributed by atoms with Crippen molar-refractivity contribution in [1.29, 1.82) is 0 Å². The van der Waals surface area contributed by atoms with Crippen molar-refractivity contribution in [3.05, 3.63) is 0 Å². The van der Waals surface area contributed by atoms with E-state index in [1.165, 1.54) is 0 Å². The van der Waals surface area contributed by atoms with Crippen molar-refractivity contribution in [2.45, 2.75) is 64.0 Å². The molecule has 0 amide bonds. The van der Waals surface area contributed by atoms with Gasteiger partial charge in [-0.15, -0.1) is 0 Å². The second kappa shape index (κ2) is 5.83. The smallest absolute Gasteiger partial charge is 0.320 e. The number of carbonyl (C=O) groups is 2. The number of piperidine rings is 1. The number of nitrogens with zero attached hydrogens (tertiary/aromatic N) is 1. The lowest BCUT2D eigenvalue weighted by molar-refractivity contribution is -0.146. The second-order valence-electron chi connectivity index (χ2n) is 5.53. The largest absolute Gasteiger partial charge is 0.480 e. The van der Waals surface area contributed by atoms with Crippen LogP contribution >= 0.6 is 0 Å². The molecule has 1 saturated heterocycles. The maximum Gasteiger partial charge on any atom is 0.320 e. The highest BCUT2D eigenvalue weighted by molar-refractivity contribution is 5.83. The Labute approximate surface area is 108 Å². The number of likely N-dealkylation sites (tertiary alicyclic amines) is 1. The van der Waals surface area contributed by atoms with Crippen molar-refractivity contribution >= 4 is 11.8 Å². The zero-order chi connectivity index (χ0) is 13.1. The van der Waals surface area contributed by atoms with Gasteiger partial charge < -0.3 is 5.11 Å². The highest BCUT2D eigenvalue weighted by Gasteiger charge is 2.40. The van der Waals surface area contributed by atoms with Gasteiger partial charge in [0.1, 0.15) is 11.8 Å². The van der Waals surface area contributed by atoms with Crippen LogP contribution in [0.5, 0.6) is 0 Å². The average Bonchev–Trinajstić information content (AvgIpc) is 2.76. The molecule has 0 spiro atoms. The van der Waals surface area contributed by atoms with Crippen LogP contribution in [0.4, 0.5) is 0 Å². The molecule has 3 unspecified atom stereocenters. The number of hydrogen-bond acceptors (Lipinski definition) is 3. The molecule has 4 nitrogen and oxygen atoms in total. The van der Waals surface area contributed by atoms with Crippen molar-refractivity contribution in [2.75, 3.05) is 6.54 Å². The first-order valence-electron chi connectivity index (χ1n) is 7.16. The van der Waals surface area contributed by atoms with Gasteiger partial charge in [0.15, 0.2) is 0 Å². The van der Waals surface area contributed by atoms with Crippen molar-refractivity contribution in [3.63, 3.8) is 0 Å². The predicted octanol–water partition coefficient (Wildman–Crippen LogP) is 2.07. The van der Waals surface area contributed by atoms with Crippen LogP contribution in [-0.4, -0.2) is 40.4 Å². The molecule has 4 heteroatoms. The van der Waals surface area contributed by atoms with Crippen LogP contribution in [0.25, 0.3) is 0 Å². The number of carbonyl (C=O) groups excluding carboxylic acids is 1. The molecule has 0 aromatic rings. The molecule has 0 aromatic carbocycles. The molecule has 18 heavy (non-hydrogen) atoms. The summed E-state index contributed by atoms with van der Waals surface area (Å²) in [5, 5.41) is 9.33. The van der Waals surface area contributed by atoms with Crippen LogP contribution in [-0.2, 0) is 9.59 Å². The zero-order valence-corrected chi connectivity index (χ0v) is 11.1. The molecule has 3 atom stereocenters. The van der Waals surface area contributed by atoms with E-state index in [9.17, 15) is 14.7 Å². The van der Waals surface area contributed by atoms with Crippen molar-refractivity contribution in [2.24, 2.45) is 5.92 Å². The Hall–Kier alpha value is -0.900. The van der Waals surface area contributed by atoms with Gasteiger partial charge in [-0.05, 0) is 38.6 Å². The number of hydrogen-bond donors (Lipinski definition) is 1. The van der Waals surface area contributed by atoms with Crippen molar-refractivity contribution < 1.29 is 14.7 Å². The summed E-state index contributed by atoms with van der Waals surface area (Å²) < 4.78 is 0. The maximum absolute atomic E-state index is 11.9. The quantitative estimate of drug-likeness (QED) is 0.833. The molecule has 0 bridgehead atoms. The number of carboxylic acids is 1. The lowest BCUT2D eigenvalue weighted by Gasteiger charge is -2.41. The minimum atomic E-state index is -0.741. The standard InChI is InChI=1S/C14H23NO3/c1-2-11(14(17)18)15-9-4-3-7-12(15)10-6-5-8-13(10)16/h10-12H,2-9H2,1H3,(H,17,18). The highest BCUT2D eigenvalue weighted by Crippen LogP contribution is 2.34. The normalized spacial score (nSPS) is 31.5. The molecule has 1 saturated carbocycles. The predicted molar refractivity (Wildman–Crippen MR) is 68.4 cm³/mol. The number of ketones is 1. The van der Waals surface area contributed by atoms with E-state index in [1.807, 2.05) is 6.92 Å². The maximum atomic E-state index is 11.9. The first kappa shape index (κ1) is 13.5. The lowest BCUT2D eigenvalue weighted by atomic mass is 9.87. The highest BCUT2D eigenvalue weighted by atomic mass is 16.4. The minimum Gasteiger partial charge on any atom is -0.480 e. The van der Waals surface area contributed by atoms with E-state index in [4.69, 9.17) is 0 Å². The Morgan fingerprint density at radius 2 is 2.17 bits per heavy atom. The third-order valence-corrected chi connectivity index (χ3v) is 4.48. The van der Waals surface area contributed by atoms with E-state index in [1.54, 1.807) is 0 Å². The summed E-state index contributed by atoms with van der Waals surface area (Å²) in [7, 11) is 0. The van der Waals surface area contributed by atoms with Gasteiger partial charge >= 0.3 is 5.97 Å². The number of carboxylic acid groups (broad SMARTS) is 1. The summed E-state index contributed by atoms with van der Waals surface area (Å²) in [4.78, 5) is 25.4. The van der Waals surface area contributed by atoms with Gasteiger partial charge in [0.05, 0.1) is 0 Å². The first-order valence-corrected chi connectivity index (χ1v) is 7.16. The summed E-state index contributed by atoms with van der Waals surface area (Å²) in [6.45, 7) is 2.75. The fourth-order valence-corrected chi connectivity index (χ4v) is 3.60. The number of rotatable bonds is 4. The topological polar surface area (TPSA) is 57.6 Å². The summed E-state index contributed by atoms with van der Waals surface area (Å²) >= 11 is 0. The molecule has 1 aliphatic carbocycles. The van der Waals surface area contributed by atoms with Crippen molar-refractivity contribution in [1.82, 2.24) is 4.90 Å². The van der Waals surface area contributed by atoms with E-state index in [0.29, 0.717) is 18.6 Å². The van der Waals surface area contributed by atoms with Crippen LogP contribution in [0.2, 0.25) is 0 Å². The molecular weight excluding hydrogens is 230 g/mol. The van der Waals surface area contributed by atoms with Gasteiger partial charge in [-0.25, -0.2) is 0 Å². The van der Waals surface area contributed by atoms with E-state index < -0.39 is 12.0 Å². The van der Waals surface area contributed by atoms with Crippen LogP contribution in [0.3, 0.4) is 0 Å². The number of Topliss-reactive ketones (excluding diaryl/α,β-unsaturated/α-hetero) is 1. The van der Waals surface area contributed by atoms with E-state index in [0.717, 1.165) is 38.6 Å². The molecule has 0 aromatic heterocycles. The van der Waals surface area contributed by atoms with Gasteiger partial charge in [-0.1, -0.05) is 13.3 Å². The Morgan fingerprint density at radius 3 is 2.72 bits per heavy atom. The Bertz CT molecular complexity index is 319. The Balaban J connectivity index is 2.14. The van der Waals surface area contributed by atoms with E-state index in [-0.39, 0.29) is 12.0 Å². The zero-order valence-electron chi connectivity index (χ0n) is 11.1. The minimum absolute atomic E-state index is 0.0960. The molecule has 2 aliphatic rings. The van der Waals surface area contributed by atoms with E-state index >= 15 is 0 Å². The van der Waals surface area contributed by atoms with Gasteiger partial charge in [0.25, 0.3) is 0 Å². The van der Waals surface area contributed by atoms with Crippen LogP contribution < -0.4 is 0 Å². The fraction of sp³-hybridized carbons (Fsp3) is 0.857. The SMILES string of the molecule is CCC(C(=O)O)N1CCCCC1C1CCCC1=O. The Kier molecular flexibility index (Phi) is 4.38. The van der Waals surface area contributed by atoms with Gasteiger partial charge in [0, 0.05) is 18.4 Å². The van der Waals surface area contributed by atoms with Crippen molar-refractivity contribution in [3.8, 4) is 0 Å². The van der Waals surface area contributed by atoms with E-state index in [2.05, 4.69) is 4.90 Å². The summed E-state index contributed by atoms with van der Waals surface area (Å²) in [5.41, 5.74) is 0. The van der Waals surface area contributed by atoms with Gasteiger partial charge in [0.2, 0.25) is 0 Å². The molecule has 2 fully saturated rings. The fourth-order valence-electron chi connectivity index (χ4n) is 3.60. The molecule has 1 heterocycles. The van der Waals surface area contributed by atoms with Gasteiger partial charge in [-0.2, -0.15) is 0 Å². The summed E-state index contributed by atoms with van der Waals surface area (Å²) in [5.74, 6) is -0.291. The summed E-state index contributed by atoms with van der Waals surface area (Å²) in [6, 6.07) is -0.238. The van der Waals surface area contributed by atoms with Crippen LogP contribution in [0.1, 0.15) is 51.9 Å². The monoisotopic (exact) mass is 253 g/mol. The van der Waals surface area contributed by atoms with Crippen LogP contribution in [0.15, 0.2) is 0 Å². The molecule has 1 aliphatic heterocycles. The molecular formula is C14H23NO3. The molecule has 102 valence electrons. The first-order chi connectivity index (χ1) is 8.65. The number of aliphatic carboxylic acids is 1. The average molecular weight is 253 g/mol. The second-order valence-corrected chi connectivity index (χ2v) is 5.53. The third-order valence-electron chi connectivity index (χ3n) is 4.48. The summed E-state index contributed by atoms with van der Waals surface area (Å²) in [6.07, 6.45) is 6.42.